The molecular formula is C10H11N5S. The Kier molecular flexibility index (Phi) is 3.39. The second-order valence-corrected chi connectivity index (χ2v) is 4.18. The number of nitrogens with one attached hydrogen (secondary N) is 1. The smallest absolute Gasteiger partial charge is 0.195 e. The lowest BCUT2D eigenvalue weighted by molar-refractivity contribution is 0.747. The Morgan fingerprint density at radius 1 is 1.56 bits per heavy atom. The van der Waals surface area contributed by atoms with Crippen molar-refractivity contribution in [1.29, 1.82) is 5.26 Å². The number of nitriles is 1. The van der Waals surface area contributed by atoms with Crippen LogP contribution in [-0.2, 0) is 0 Å². The highest BCUT2D eigenvalue weighted by atomic mass is 32.2. The molecule has 82 valence electrons. The van der Waals surface area contributed by atoms with Crippen LogP contribution in [0.2, 0.25) is 0 Å². The number of nitrogens with zero attached hydrogens (tertiary/aromatic N) is 4. The minimum absolute atomic E-state index is 0.166. The standard InChI is InChI=1S/C10H11N5S/c1-12-8(6-11)7-16-10-14-13-9-4-2-3-5-15(9)10/h2-5,8,12H,7H2,1H3. The molecule has 2 aromatic heterocycles. The summed E-state index contributed by atoms with van der Waals surface area (Å²) in [6.07, 6.45) is 1.92. The number of aromatic nitrogens is 3. The highest BCUT2D eigenvalue weighted by Gasteiger charge is 2.09. The third-order valence-electron chi connectivity index (χ3n) is 2.17. The normalized spacial score (nSPS) is 12.5. The van der Waals surface area contributed by atoms with E-state index in [1.165, 1.54) is 11.8 Å². The minimum atomic E-state index is -0.166. The van der Waals surface area contributed by atoms with E-state index in [1.807, 2.05) is 28.8 Å². The van der Waals surface area contributed by atoms with Gasteiger partial charge in [-0.2, -0.15) is 5.26 Å². The van der Waals surface area contributed by atoms with E-state index < -0.39 is 0 Å². The molecule has 0 aliphatic heterocycles. The van der Waals surface area contributed by atoms with Crippen molar-refractivity contribution in [3.63, 3.8) is 0 Å². The summed E-state index contributed by atoms with van der Waals surface area (Å²) in [6, 6.07) is 7.76. The van der Waals surface area contributed by atoms with Crippen LogP contribution < -0.4 is 5.32 Å². The Morgan fingerprint density at radius 2 is 2.44 bits per heavy atom. The fourth-order valence-corrected chi connectivity index (χ4v) is 2.21. The molecule has 0 saturated carbocycles. The molecule has 6 heteroatoms. The molecule has 2 heterocycles. The molecule has 1 unspecified atom stereocenters. The van der Waals surface area contributed by atoms with Crippen molar-refractivity contribution in [1.82, 2.24) is 19.9 Å². The molecular weight excluding hydrogens is 222 g/mol. The summed E-state index contributed by atoms with van der Waals surface area (Å²) in [5.41, 5.74) is 0.822. The van der Waals surface area contributed by atoms with E-state index in [0.717, 1.165) is 10.8 Å². The molecule has 1 N–H and O–H groups in total. The van der Waals surface area contributed by atoms with E-state index in [4.69, 9.17) is 5.26 Å². The van der Waals surface area contributed by atoms with Gasteiger partial charge in [0.05, 0.1) is 6.07 Å². The third-order valence-corrected chi connectivity index (χ3v) is 3.20. The lowest BCUT2D eigenvalue weighted by Crippen LogP contribution is -2.25. The summed E-state index contributed by atoms with van der Waals surface area (Å²) in [5.74, 6) is 0.655. The zero-order valence-electron chi connectivity index (χ0n) is 8.79. The first kappa shape index (κ1) is 10.9. The molecule has 1 atom stereocenters. The number of pyridine rings is 1. The quantitative estimate of drug-likeness (QED) is 0.796. The van der Waals surface area contributed by atoms with E-state index >= 15 is 0 Å². The predicted octanol–water partition coefficient (Wildman–Crippen LogP) is 0.933. The monoisotopic (exact) mass is 233 g/mol. The molecule has 0 fully saturated rings. The molecule has 0 aliphatic carbocycles. The van der Waals surface area contributed by atoms with E-state index in [2.05, 4.69) is 21.6 Å². The highest BCUT2D eigenvalue weighted by molar-refractivity contribution is 7.99. The summed E-state index contributed by atoms with van der Waals surface area (Å²) < 4.78 is 1.91. The second-order valence-electron chi connectivity index (χ2n) is 3.19. The van der Waals surface area contributed by atoms with Gasteiger partial charge < -0.3 is 5.32 Å². The van der Waals surface area contributed by atoms with Crippen molar-refractivity contribution in [2.75, 3.05) is 12.8 Å². The predicted molar refractivity (Wildman–Crippen MR) is 62.2 cm³/mol. The summed E-state index contributed by atoms with van der Waals surface area (Å²) in [4.78, 5) is 0. The molecule has 16 heavy (non-hydrogen) atoms. The molecule has 0 amide bonds. The molecule has 0 aliphatic rings. The lowest BCUT2D eigenvalue weighted by Gasteiger charge is -2.05. The van der Waals surface area contributed by atoms with Gasteiger partial charge in [0.15, 0.2) is 10.8 Å². The summed E-state index contributed by atoms with van der Waals surface area (Å²) in [7, 11) is 1.77. The van der Waals surface area contributed by atoms with Gasteiger partial charge in [0.25, 0.3) is 0 Å². The summed E-state index contributed by atoms with van der Waals surface area (Å²) >= 11 is 1.52. The Bertz CT molecular complexity index is 515. The molecule has 0 bridgehead atoms. The fourth-order valence-electron chi connectivity index (χ4n) is 1.26. The maximum absolute atomic E-state index is 8.80. The van der Waals surface area contributed by atoms with Crippen molar-refractivity contribution >= 4 is 17.4 Å². The third kappa shape index (κ3) is 2.15. The maximum atomic E-state index is 8.80. The number of hydrogen-bond acceptors (Lipinski definition) is 5. The van der Waals surface area contributed by atoms with Gasteiger partial charge in [0.1, 0.15) is 6.04 Å². The van der Waals surface area contributed by atoms with Gasteiger partial charge in [-0.3, -0.25) is 4.40 Å². The number of rotatable bonds is 4. The first-order valence-corrected chi connectivity index (χ1v) is 5.83. The first-order valence-electron chi connectivity index (χ1n) is 4.84. The van der Waals surface area contributed by atoms with Crippen molar-refractivity contribution in [3.05, 3.63) is 24.4 Å². The van der Waals surface area contributed by atoms with Gasteiger partial charge in [-0.05, 0) is 19.2 Å². The number of hydrogen-bond donors (Lipinski definition) is 1. The van der Waals surface area contributed by atoms with Crippen LogP contribution in [0, 0.1) is 11.3 Å². The van der Waals surface area contributed by atoms with Crippen molar-refractivity contribution in [2.45, 2.75) is 11.2 Å². The van der Waals surface area contributed by atoms with E-state index in [0.29, 0.717) is 5.75 Å². The molecule has 0 spiro atoms. The highest BCUT2D eigenvalue weighted by Crippen LogP contribution is 2.17. The first-order chi connectivity index (χ1) is 7.85. The van der Waals surface area contributed by atoms with Crippen LogP contribution in [-0.4, -0.2) is 33.4 Å². The van der Waals surface area contributed by atoms with Crippen LogP contribution in [0.3, 0.4) is 0 Å². The van der Waals surface area contributed by atoms with Crippen LogP contribution in [0.1, 0.15) is 0 Å². The fraction of sp³-hybridized carbons (Fsp3) is 0.300. The van der Waals surface area contributed by atoms with Crippen LogP contribution in [0.5, 0.6) is 0 Å². The topological polar surface area (TPSA) is 66.0 Å². The lowest BCUT2D eigenvalue weighted by atomic mass is 10.4. The van der Waals surface area contributed by atoms with Gasteiger partial charge in [-0.25, -0.2) is 0 Å². The van der Waals surface area contributed by atoms with Crippen LogP contribution in [0.4, 0.5) is 0 Å². The van der Waals surface area contributed by atoms with Crippen LogP contribution in [0.15, 0.2) is 29.6 Å². The zero-order valence-corrected chi connectivity index (χ0v) is 9.61. The van der Waals surface area contributed by atoms with Crippen LogP contribution in [0.25, 0.3) is 5.65 Å². The average molecular weight is 233 g/mol. The Balaban J connectivity index is 2.13. The minimum Gasteiger partial charge on any atom is -0.304 e. The Hall–Kier alpha value is -1.58. The van der Waals surface area contributed by atoms with Gasteiger partial charge in [-0.15, -0.1) is 10.2 Å². The number of thioether (sulfide) groups is 1. The number of fused-ring (bicyclic) bond motifs is 1. The Labute approximate surface area is 97.5 Å². The van der Waals surface area contributed by atoms with E-state index in [1.54, 1.807) is 7.05 Å². The van der Waals surface area contributed by atoms with Crippen molar-refractivity contribution < 1.29 is 0 Å². The zero-order chi connectivity index (χ0) is 11.4. The average Bonchev–Trinajstić information content (AvgIpc) is 2.74. The van der Waals surface area contributed by atoms with Gasteiger partial charge in [0, 0.05) is 11.9 Å². The summed E-state index contributed by atoms with van der Waals surface area (Å²) in [5, 5.41) is 20.6. The molecule has 0 radical (unpaired) electrons. The van der Waals surface area contributed by atoms with E-state index in [-0.39, 0.29) is 6.04 Å². The summed E-state index contributed by atoms with van der Waals surface area (Å²) in [6.45, 7) is 0. The van der Waals surface area contributed by atoms with Crippen LogP contribution >= 0.6 is 11.8 Å². The largest absolute Gasteiger partial charge is 0.304 e. The van der Waals surface area contributed by atoms with Crippen molar-refractivity contribution in [2.24, 2.45) is 0 Å². The SMILES string of the molecule is CNC(C#N)CSc1nnc2ccccn12. The maximum Gasteiger partial charge on any atom is 0.195 e. The van der Waals surface area contributed by atoms with Gasteiger partial charge >= 0.3 is 0 Å². The molecule has 2 aromatic rings. The van der Waals surface area contributed by atoms with E-state index in [9.17, 15) is 0 Å². The van der Waals surface area contributed by atoms with Gasteiger partial charge in [0.2, 0.25) is 0 Å². The molecule has 2 rings (SSSR count). The molecule has 0 aromatic carbocycles. The Morgan fingerprint density at radius 3 is 3.19 bits per heavy atom. The molecule has 5 nitrogen and oxygen atoms in total. The van der Waals surface area contributed by atoms with Gasteiger partial charge in [-0.1, -0.05) is 17.8 Å². The van der Waals surface area contributed by atoms with Crippen molar-refractivity contribution in [3.8, 4) is 6.07 Å². The second kappa shape index (κ2) is 4.96. The molecule has 0 saturated heterocycles.